The van der Waals surface area contributed by atoms with Gasteiger partial charge < -0.3 is 14.8 Å². The van der Waals surface area contributed by atoms with Crippen molar-refractivity contribution >= 4 is 0 Å². The van der Waals surface area contributed by atoms with Crippen molar-refractivity contribution in [1.29, 1.82) is 0 Å². The molecule has 0 aromatic heterocycles. The molecule has 0 amide bonds. The smallest absolute Gasteiger partial charge is 0.0625 e. The molecule has 0 aromatic carbocycles. The second-order valence-electron chi connectivity index (χ2n) is 4.90. The van der Waals surface area contributed by atoms with Crippen molar-refractivity contribution in [2.24, 2.45) is 11.8 Å². The largest absolute Gasteiger partial charge is 0.381 e. The van der Waals surface area contributed by atoms with E-state index < -0.39 is 0 Å². The van der Waals surface area contributed by atoms with Crippen molar-refractivity contribution in [1.82, 2.24) is 5.32 Å². The van der Waals surface area contributed by atoms with E-state index in [1.54, 1.807) is 0 Å². The Balaban J connectivity index is 1.67. The van der Waals surface area contributed by atoms with Crippen LogP contribution >= 0.6 is 0 Å². The molecular formula is C12H23NO2. The van der Waals surface area contributed by atoms with Gasteiger partial charge in [0.25, 0.3) is 0 Å². The lowest BCUT2D eigenvalue weighted by Gasteiger charge is -2.31. The minimum Gasteiger partial charge on any atom is -0.381 e. The average Bonchev–Trinajstić information content (AvgIpc) is 2.29. The van der Waals surface area contributed by atoms with Crippen LogP contribution in [0.3, 0.4) is 0 Å². The minimum absolute atomic E-state index is 0.481. The second kappa shape index (κ2) is 5.83. The molecule has 88 valence electrons. The fourth-order valence-electron chi connectivity index (χ4n) is 2.41. The van der Waals surface area contributed by atoms with Crippen LogP contribution in [-0.2, 0) is 9.47 Å². The zero-order valence-corrected chi connectivity index (χ0v) is 9.71. The third-order valence-corrected chi connectivity index (χ3v) is 3.59. The Bertz CT molecular complexity index is 180. The molecule has 15 heavy (non-hydrogen) atoms. The van der Waals surface area contributed by atoms with E-state index in [0.29, 0.717) is 12.0 Å². The lowest BCUT2D eigenvalue weighted by molar-refractivity contribution is -0.0391. The molecule has 2 atom stereocenters. The zero-order valence-electron chi connectivity index (χ0n) is 9.71. The Labute approximate surface area is 92.5 Å². The summed E-state index contributed by atoms with van der Waals surface area (Å²) in [5.74, 6) is 1.40. The monoisotopic (exact) mass is 213 g/mol. The molecule has 0 radical (unpaired) electrons. The summed E-state index contributed by atoms with van der Waals surface area (Å²) >= 11 is 0. The van der Waals surface area contributed by atoms with Crippen molar-refractivity contribution in [3.63, 3.8) is 0 Å². The van der Waals surface area contributed by atoms with E-state index >= 15 is 0 Å². The summed E-state index contributed by atoms with van der Waals surface area (Å²) in [6, 6.07) is 0. The van der Waals surface area contributed by atoms with Crippen LogP contribution in [0, 0.1) is 11.8 Å². The minimum atomic E-state index is 0.481. The highest BCUT2D eigenvalue weighted by molar-refractivity contribution is 4.76. The highest BCUT2D eigenvalue weighted by Crippen LogP contribution is 2.19. The number of nitrogens with one attached hydrogen (secondary N) is 1. The Morgan fingerprint density at radius 1 is 1.27 bits per heavy atom. The van der Waals surface area contributed by atoms with Crippen LogP contribution in [0.5, 0.6) is 0 Å². The Morgan fingerprint density at radius 2 is 2.07 bits per heavy atom. The van der Waals surface area contributed by atoms with Gasteiger partial charge in [0.05, 0.1) is 6.10 Å². The van der Waals surface area contributed by atoms with Crippen LogP contribution in [0.1, 0.15) is 26.2 Å². The topological polar surface area (TPSA) is 30.5 Å². The Kier molecular flexibility index (Phi) is 4.42. The van der Waals surface area contributed by atoms with Crippen molar-refractivity contribution < 1.29 is 9.47 Å². The van der Waals surface area contributed by atoms with Gasteiger partial charge in [0, 0.05) is 26.4 Å². The molecule has 2 unspecified atom stereocenters. The zero-order chi connectivity index (χ0) is 10.5. The average molecular weight is 213 g/mol. The highest BCUT2D eigenvalue weighted by Gasteiger charge is 2.23. The normalized spacial score (nSPS) is 34.2. The summed E-state index contributed by atoms with van der Waals surface area (Å²) in [5, 5.41) is 3.40. The maximum Gasteiger partial charge on any atom is 0.0625 e. The van der Waals surface area contributed by atoms with Gasteiger partial charge in [-0.1, -0.05) is 6.92 Å². The third-order valence-electron chi connectivity index (χ3n) is 3.59. The van der Waals surface area contributed by atoms with Crippen molar-refractivity contribution in [2.45, 2.75) is 32.3 Å². The lowest BCUT2D eigenvalue weighted by Crippen LogP contribution is -2.40. The molecular weight excluding hydrogens is 190 g/mol. The molecule has 3 nitrogen and oxygen atoms in total. The third kappa shape index (κ3) is 3.44. The van der Waals surface area contributed by atoms with Crippen LogP contribution < -0.4 is 5.32 Å². The fraction of sp³-hybridized carbons (Fsp3) is 1.00. The Hall–Kier alpha value is -0.120. The number of piperidine rings is 1. The molecule has 2 aliphatic rings. The summed E-state index contributed by atoms with van der Waals surface area (Å²) in [4.78, 5) is 0. The van der Waals surface area contributed by atoms with E-state index in [-0.39, 0.29) is 0 Å². The van der Waals surface area contributed by atoms with Crippen molar-refractivity contribution in [2.75, 3.05) is 32.9 Å². The van der Waals surface area contributed by atoms with Crippen LogP contribution in [-0.4, -0.2) is 39.0 Å². The molecule has 2 aliphatic heterocycles. The van der Waals surface area contributed by atoms with E-state index in [2.05, 4.69) is 12.2 Å². The van der Waals surface area contributed by atoms with E-state index in [1.165, 1.54) is 19.3 Å². The highest BCUT2D eigenvalue weighted by atomic mass is 16.5. The van der Waals surface area contributed by atoms with Crippen LogP contribution in [0.2, 0.25) is 0 Å². The van der Waals surface area contributed by atoms with Gasteiger partial charge in [0.15, 0.2) is 0 Å². The first-order valence-electron chi connectivity index (χ1n) is 6.26. The summed E-state index contributed by atoms with van der Waals surface area (Å²) in [6.45, 7) is 7.30. The summed E-state index contributed by atoms with van der Waals surface area (Å²) in [6.07, 6.45) is 4.01. The first-order valence-corrected chi connectivity index (χ1v) is 6.26. The van der Waals surface area contributed by atoms with E-state index in [9.17, 15) is 0 Å². The fourth-order valence-corrected chi connectivity index (χ4v) is 2.41. The number of hydrogen-bond acceptors (Lipinski definition) is 3. The molecule has 2 fully saturated rings. The van der Waals surface area contributed by atoms with Gasteiger partial charge in [-0.3, -0.25) is 0 Å². The van der Waals surface area contributed by atoms with Gasteiger partial charge in [0.1, 0.15) is 0 Å². The second-order valence-corrected chi connectivity index (χ2v) is 4.90. The maximum atomic E-state index is 6.04. The number of ether oxygens (including phenoxy) is 2. The van der Waals surface area contributed by atoms with E-state index in [1.807, 2.05) is 0 Å². The molecule has 2 rings (SSSR count). The molecule has 1 N–H and O–H groups in total. The van der Waals surface area contributed by atoms with Crippen LogP contribution in [0.25, 0.3) is 0 Å². The van der Waals surface area contributed by atoms with Crippen LogP contribution in [0.15, 0.2) is 0 Å². The molecule has 0 aromatic rings. The van der Waals surface area contributed by atoms with Gasteiger partial charge in [0.2, 0.25) is 0 Å². The molecule has 0 aliphatic carbocycles. The molecule has 0 saturated carbocycles. The maximum absolute atomic E-state index is 6.04. The Morgan fingerprint density at radius 3 is 2.80 bits per heavy atom. The van der Waals surface area contributed by atoms with Crippen molar-refractivity contribution in [3.8, 4) is 0 Å². The standard InChI is InChI=1S/C12H23NO2/c1-10-8-13-5-2-12(10)15-9-11-3-6-14-7-4-11/h10-13H,2-9H2,1H3. The van der Waals surface area contributed by atoms with E-state index in [4.69, 9.17) is 9.47 Å². The SMILES string of the molecule is CC1CNCCC1OCC1CCOCC1. The molecule has 0 spiro atoms. The number of hydrogen-bond donors (Lipinski definition) is 1. The van der Waals surface area contributed by atoms with Crippen LogP contribution in [0.4, 0.5) is 0 Å². The van der Waals surface area contributed by atoms with Gasteiger partial charge in [-0.2, -0.15) is 0 Å². The molecule has 2 saturated heterocycles. The van der Waals surface area contributed by atoms with Gasteiger partial charge in [-0.15, -0.1) is 0 Å². The van der Waals surface area contributed by atoms with Gasteiger partial charge in [-0.25, -0.2) is 0 Å². The predicted molar refractivity (Wildman–Crippen MR) is 59.9 cm³/mol. The molecule has 3 heteroatoms. The molecule has 0 bridgehead atoms. The van der Waals surface area contributed by atoms with Gasteiger partial charge >= 0.3 is 0 Å². The first kappa shape index (κ1) is 11.4. The predicted octanol–water partition coefficient (Wildman–Crippen LogP) is 1.43. The summed E-state index contributed by atoms with van der Waals surface area (Å²) in [5.41, 5.74) is 0. The quantitative estimate of drug-likeness (QED) is 0.769. The van der Waals surface area contributed by atoms with E-state index in [0.717, 1.165) is 38.8 Å². The van der Waals surface area contributed by atoms with Gasteiger partial charge in [-0.05, 0) is 37.6 Å². The number of rotatable bonds is 3. The summed E-state index contributed by atoms with van der Waals surface area (Å²) in [7, 11) is 0. The summed E-state index contributed by atoms with van der Waals surface area (Å²) < 4.78 is 11.4. The molecule has 2 heterocycles. The first-order chi connectivity index (χ1) is 7.36. The lowest BCUT2D eigenvalue weighted by atomic mass is 9.97. The van der Waals surface area contributed by atoms with Crippen molar-refractivity contribution in [3.05, 3.63) is 0 Å².